The number of carboxylic acid groups (broad SMARTS) is 1. The van der Waals surface area contributed by atoms with E-state index in [4.69, 9.17) is 21.7 Å². The molecule has 0 heterocycles. The first kappa shape index (κ1) is 18.5. The molecule has 1 N–H and O–H groups in total. The summed E-state index contributed by atoms with van der Waals surface area (Å²) in [5.74, 6) is -0.704. The summed E-state index contributed by atoms with van der Waals surface area (Å²) >= 11 is 0. The molecule has 0 aromatic rings. The van der Waals surface area contributed by atoms with Crippen LogP contribution in [0.15, 0.2) is 5.11 Å². The van der Waals surface area contributed by atoms with Crippen LogP contribution in [-0.2, 0) is 4.79 Å². The smallest absolute Gasteiger partial charge is 0.303 e. The van der Waals surface area contributed by atoms with Gasteiger partial charge in [0.25, 0.3) is 0 Å². The maximum Gasteiger partial charge on any atom is 0.303 e. The lowest BCUT2D eigenvalue weighted by atomic mass is 10.1. The third-order valence-electron chi connectivity index (χ3n) is 2.21. The van der Waals surface area contributed by atoms with Gasteiger partial charge in [-0.05, 0) is 18.4 Å². The second kappa shape index (κ2) is 17.5. The van der Waals surface area contributed by atoms with Gasteiger partial charge in [-0.25, -0.2) is 0 Å². The summed E-state index contributed by atoms with van der Waals surface area (Å²) in [5, 5.41) is 11.9. The fourth-order valence-electron chi connectivity index (χ4n) is 1.39. The molecule has 0 saturated carbocycles. The van der Waals surface area contributed by atoms with E-state index in [0.29, 0.717) is 6.54 Å². The zero-order valence-electron chi connectivity index (χ0n) is 10.4. The second-order valence-electron chi connectivity index (χ2n) is 3.66. The van der Waals surface area contributed by atoms with Crippen molar-refractivity contribution >= 4 is 5.97 Å². The van der Waals surface area contributed by atoms with Crippen molar-refractivity contribution in [3.8, 4) is 0 Å². The molecule has 0 aliphatic carbocycles. The third-order valence-corrected chi connectivity index (χ3v) is 2.21. The molecule has 8 heteroatoms. The average Bonchev–Trinajstić information content (AvgIpc) is 2.32. The number of azide groups is 1. The Hall–Kier alpha value is -1.91. The van der Waals surface area contributed by atoms with Crippen LogP contribution in [0.2, 0.25) is 0 Å². The molecule has 102 valence electrons. The molecule has 0 spiro atoms. The number of aliphatic carboxylic acids is 1. The molecule has 0 saturated heterocycles. The molecule has 0 rings (SSSR count). The number of hydrogen-bond donors (Lipinski definition) is 1. The maximum atomic E-state index is 10.2. The van der Waals surface area contributed by atoms with E-state index < -0.39 is 5.97 Å². The standard InChI is InChI=1S/C10H19N3O2.N3/c11-13-12-9-7-5-3-1-2-4-6-8-10(14)15;1-3-2/h1-9H2,(H,14,15);/q;-1. The first-order valence-corrected chi connectivity index (χ1v) is 5.90. The molecule has 0 amide bonds. The van der Waals surface area contributed by atoms with Gasteiger partial charge in [-0.1, -0.05) is 37.2 Å². The molecule has 0 aliphatic heterocycles. The zero-order valence-corrected chi connectivity index (χ0v) is 10.4. The van der Waals surface area contributed by atoms with Gasteiger partial charge in [0, 0.05) is 17.9 Å². The van der Waals surface area contributed by atoms with E-state index >= 15 is 0 Å². The van der Waals surface area contributed by atoms with Crippen LogP contribution >= 0.6 is 0 Å². The molecule has 0 aliphatic rings. The van der Waals surface area contributed by atoms with Crippen LogP contribution in [0.25, 0.3) is 26.4 Å². The number of carboxylic acids is 1. The molecule has 0 radical (unpaired) electrons. The predicted molar refractivity (Wildman–Crippen MR) is 68.7 cm³/mol. The van der Waals surface area contributed by atoms with Crippen molar-refractivity contribution in [2.24, 2.45) is 5.11 Å². The summed E-state index contributed by atoms with van der Waals surface area (Å²) < 4.78 is 0. The molecule has 8 nitrogen and oxygen atoms in total. The summed E-state index contributed by atoms with van der Waals surface area (Å²) in [7, 11) is 0. The molecule has 0 fully saturated rings. The average molecular weight is 255 g/mol. The van der Waals surface area contributed by atoms with Gasteiger partial charge in [0.05, 0.1) is 0 Å². The minimum absolute atomic E-state index is 0.289. The Kier molecular flexibility index (Phi) is 17.9. The highest BCUT2D eigenvalue weighted by Crippen LogP contribution is 2.08. The van der Waals surface area contributed by atoms with Crippen LogP contribution in [0.3, 0.4) is 0 Å². The summed E-state index contributed by atoms with van der Waals surface area (Å²) in [6.07, 6.45) is 7.53. The van der Waals surface area contributed by atoms with Crippen LogP contribution in [0.4, 0.5) is 0 Å². The van der Waals surface area contributed by atoms with Gasteiger partial charge in [-0.3, -0.25) is 9.71 Å². The van der Waals surface area contributed by atoms with Crippen molar-refractivity contribution in [1.82, 2.24) is 0 Å². The first-order valence-electron chi connectivity index (χ1n) is 5.90. The summed E-state index contributed by atoms with van der Waals surface area (Å²) in [6, 6.07) is 0. The van der Waals surface area contributed by atoms with Crippen molar-refractivity contribution in [3.05, 3.63) is 26.4 Å². The van der Waals surface area contributed by atoms with Crippen LogP contribution < -0.4 is 0 Å². The van der Waals surface area contributed by atoms with Gasteiger partial charge in [0.1, 0.15) is 0 Å². The fourth-order valence-corrected chi connectivity index (χ4v) is 1.39. The number of unbranched alkanes of at least 4 members (excludes halogenated alkanes) is 6. The van der Waals surface area contributed by atoms with Gasteiger partial charge in [0.15, 0.2) is 0 Å². The number of hydrogen-bond acceptors (Lipinski definition) is 2. The molecular formula is C10H19N6O2-. The van der Waals surface area contributed by atoms with Crippen molar-refractivity contribution in [2.75, 3.05) is 6.54 Å². The molecule has 0 unspecified atom stereocenters. The Balaban J connectivity index is 0. The minimum Gasteiger partial charge on any atom is -0.481 e. The highest BCUT2D eigenvalue weighted by molar-refractivity contribution is 5.66. The number of carbonyl (C=O) groups is 1. The zero-order chi connectivity index (χ0) is 14.1. The van der Waals surface area contributed by atoms with Gasteiger partial charge in [0.2, 0.25) is 0 Å². The van der Waals surface area contributed by atoms with Crippen molar-refractivity contribution in [2.45, 2.75) is 51.4 Å². The Bertz CT molecular complexity index is 274. The van der Waals surface area contributed by atoms with Gasteiger partial charge in [-0.2, -0.15) is 0 Å². The van der Waals surface area contributed by atoms with Gasteiger partial charge >= 0.3 is 5.97 Å². The normalized spacial score (nSPS) is 8.44. The first-order chi connectivity index (χ1) is 8.68. The molecule has 0 aromatic carbocycles. The van der Waals surface area contributed by atoms with Gasteiger partial charge in [-0.15, -0.1) is 0 Å². The van der Waals surface area contributed by atoms with E-state index in [1.54, 1.807) is 0 Å². The molecule has 0 aromatic heterocycles. The molecule has 18 heavy (non-hydrogen) atoms. The Morgan fingerprint density at radius 2 is 1.39 bits per heavy atom. The lowest BCUT2D eigenvalue weighted by molar-refractivity contribution is -0.137. The van der Waals surface area contributed by atoms with Crippen molar-refractivity contribution in [3.63, 3.8) is 0 Å². The predicted octanol–water partition coefficient (Wildman–Crippen LogP) is 4.37. The SMILES string of the molecule is [N-]=[N+]=NCCCCCCCCCC(=O)O.[N-]=[N+]=[N-]. The van der Waals surface area contributed by atoms with Crippen molar-refractivity contribution < 1.29 is 9.90 Å². The number of rotatable bonds is 10. The van der Waals surface area contributed by atoms with E-state index in [-0.39, 0.29) is 6.42 Å². The van der Waals surface area contributed by atoms with Crippen LogP contribution in [-0.4, -0.2) is 17.6 Å². The quantitative estimate of drug-likeness (QED) is 0.267. The molecule has 0 atom stereocenters. The van der Waals surface area contributed by atoms with Gasteiger partial charge < -0.3 is 16.2 Å². The monoisotopic (exact) mass is 255 g/mol. The summed E-state index contributed by atoms with van der Waals surface area (Å²) in [5.41, 5.74) is 21.5. The highest BCUT2D eigenvalue weighted by Gasteiger charge is 1.96. The third kappa shape index (κ3) is 23.7. The molecular weight excluding hydrogens is 236 g/mol. The van der Waals surface area contributed by atoms with Crippen LogP contribution in [0, 0.1) is 0 Å². The summed E-state index contributed by atoms with van der Waals surface area (Å²) in [6.45, 7) is 0.593. The lowest BCUT2D eigenvalue weighted by Crippen LogP contribution is -1.93. The summed E-state index contributed by atoms with van der Waals surface area (Å²) in [4.78, 5) is 14.4. The topological polar surface area (TPSA) is 145 Å². The van der Waals surface area contributed by atoms with E-state index in [1.807, 2.05) is 0 Å². The minimum atomic E-state index is -0.704. The Morgan fingerprint density at radius 3 is 1.83 bits per heavy atom. The number of nitrogens with zero attached hydrogens (tertiary/aromatic N) is 6. The van der Waals surface area contributed by atoms with Crippen molar-refractivity contribution in [1.29, 1.82) is 0 Å². The lowest BCUT2D eigenvalue weighted by Gasteiger charge is -1.99. The largest absolute Gasteiger partial charge is 0.481 e. The highest BCUT2D eigenvalue weighted by atomic mass is 16.4. The van der Waals surface area contributed by atoms with Crippen LogP contribution in [0.5, 0.6) is 0 Å². The Labute approximate surface area is 106 Å². The molecule has 0 bridgehead atoms. The van der Waals surface area contributed by atoms with Crippen LogP contribution in [0.1, 0.15) is 51.4 Å². The Morgan fingerprint density at radius 1 is 0.944 bits per heavy atom. The van der Waals surface area contributed by atoms with E-state index in [1.165, 1.54) is 4.91 Å². The van der Waals surface area contributed by atoms with E-state index in [0.717, 1.165) is 44.9 Å². The van der Waals surface area contributed by atoms with E-state index in [2.05, 4.69) is 10.0 Å². The maximum absolute atomic E-state index is 10.2. The fraction of sp³-hybridized carbons (Fsp3) is 0.900. The second-order valence-corrected chi connectivity index (χ2v) is 3.66. The van der Waals surface area contributed by atoms with E-state index in [9.17, 15) is 4.79 Å².